The van der Waals surface area contributed by atoms with Gasteiger partial charge in [-0.05, 0) is 25.2 Å². The van der Waals surface area contributed by atoms with E-state index in [9.17, 15) is 4.79 Å². The number of amides is 1. The van der Waals surface area contributed by atoms with Crippen molar-refractivity contribution in [3.63, 3.8) is 0 Å². The first-order valence-electron chi connectivity index (χ1n) is 6.21. The summed E-state index contributed by atoms with van der Waals surface area (Å²) in [6, 6.07) is 1.81. The SMILES string of the molecule is CSC1(CNC(=O)c2csc(C#CCCO)c2)CC1. The molecule has 0 saturated heterocycles. The fourth-order valence-corrected chi connectivity index (χ4v) is 3.14. The van der Waals surface area contributed by atoms with Crippen molar-refractivity contribution in [1.29, 1.82) is 0 Å². The first-order valence-corrected chi connectivity index (χ1v) is 8.31. The molecule has 1 aliphatic carbocycles. The zero-order chi connectivity index (χ0) is 13.7. The Bertz CT molecular complexity index is 509. The molecular weight excluding hydrogens is 278 g/mol. The minimum Gasteiger partial charge on any atom is -0.395 e. The number of aliphatic hydroxyl groups is 1. The topological polar surface area (TPSA) is 49.3 Å². The Labute approximate surface area is 121 Å². The number of nitrogens with one attached hydrogen (secondary N) is 1. The highest BCUT2D eigenvalue weighted by atomic mass is 32.2. The Kier molecular flexibility index (Phi) is 4.92. The predicted molar refractivity (Wildman–Crippen MR) is 80.7 cm³/mol. The van der Waals surface area contributed by atoms with Crippen LogP contribution in [0.5, 0.6) is 0 Å². The van der Waals surface area contributed by atoms with E-state index in [-0.39, 0.29) is 17.3 Å². The molecule has 1 heterocycles. The lowest BCUT2D eigenvalue weighted by molar-refractivity contribution is 0.0953. The summed E-state index contributed by atoms with van der Waals surface area (Å²) in [5.74, 6) is 5.77. The van der Waals surface area contributed by atoms with Gasteiger partial charge < -0.3 is 10.4 Å². The van der Waals surface area contributed by atoms with Gasteiger partial charge in [0.05, 0.1) is 17.0 Å². The number of carbonyl (C=O) groups excluding carboxylic acids is 1. The van der Waals surface area contributed by atoms with Crippen LogP contribution in [-0.4, -0.2) is 35.2 Å². The number of hydrogen-bond acceptors (Lipinski definition) is 4. The van der Waals surface area contributed by atoms with Crippen molar-refractivity contribution in [2.45, 2.75) is 24.0 Å². The van der Waals surface area contributed by atoms with Gasteiger partial charge in [0.2, 0.25) is 0 Å². The summed E-state index contributed by atoms with van der Waals surface area (Å²) in [6.45, 7) is 0.816. The van der Waals surface area contributed by atoms with E-state index in [2.05, 4.69) is 23.4 Å². The molecule has 0 unspecified atom stereocenters. The summed E-state index contributed by atoms with van der Waals surface area (Å²) >= 11 is 3.30. The smallest absolute Gasteiger partial charge is 0.252 e. The fraction of sp³-hybridized carbons (Fsp3) is 0.500. The third-order valence-electron chi connectivity index (χ3n) is 3.12. The summed E-state index contributed by atoms with van der Waals surface area (Å²) in [6.07, 6.45) is 4.94. The molecule has 0 spiro atoms. The van der Waals surface area contributed by atoms with E-state index in [1.807, 2.05) is 23.2 Å². The van der Waals surface area contributed by atoms with Crippen LogP contribution in [0.15, 0.2) is 11.4 Å². The fourth-order valence-electron chi connectivity index (χ4n) is 1.66. The van der Waals surface area contributed by atoms with Gasteiger partial charge in [-0.2, -0.15) is 11.8 Å². The minimum absolute atomic E-state index is 0.0215. The molecule has 3 nitrogen and oxygen atoms in total. The average Bonchev–Trinajstić information content (AvgIpc) is 3.06. The van der Waals surface area contributed by atoms with Gasteiger partial charge in [-0.3, -0.25) is 4.79 Å². The van der Waals surface area contributed by atoms with Gasteiger partial charge in [0, 0.05) is 23.1 Å². The summed E-state index contributed by atoms with van der Waals surface area (Å²) in [5, 5.41) is 13.5. The molecule has 1 fully saturated rings. The van der Waals surface area contributed by atoms with Crippen molar-refractivity contribution in [3.05, 3.63) is 21.9 Å². The molecule has 1 aliphatic rings. The van der Waals surface area contributed by atoms with Gasteiger partial charge in [-0.25, -0.2) is 0 Å². The Morgan fingerprint density at radius 1 is 1.63 bits per heavy atom. The molecule has 102 valence electrons. The van der Waals surface area contributed by atoms with Gasteiger partial charge in [-0.1, -0.05) is 11.8 Å². The molecule has 0 aromatic carbocycles. The van der Waals surface area contributed by atoms with E-state index in [0.717, 1.165) is 11.4 Å². The normalized spacial score (nSPS) is 15.5. The standard InChI is InChI=1S/C14H17NO2S2/c1-18-14(5-6-14)10-15-13(17)11-8-12(19-9-11)4-2-3-7-16/h8-9,16H,3,5-7,10H2,1H3,(H,15,17). The van der Waals surface area contributed by atoms with Gasteiger partial charge >= 0.3 is 0 Å². The minimum atomic E-state index is -0.0215. The third-order valence-corrected chi connectivity index (χ3v) is 5.39. The van der Waals surface area contributed by atoms with Crippen molar-refractivity contribution < 1.29 is 9.90 Å². The third kappa shape index (κ3) is 4.00. The van der Waals surface area contributed by atoms with Crippen molar-refractivity contribution in [1.82, 2.24) is 5.32 Å². The van der Waals surface area contributed by atoms with Crippen LogP contribution in [0.3, 0.4) is 0 Å². The highest BCUT2D eigenvalue weighted by Crippen LogP contribution is 2.46. The second kappa shape index (κ2) is 6.47. The van der Waals surface area contributed by atoms with E-state index >= 15 is 0 Å². The van der Waals surface area contributed by atoms with Crippen LogP contribution in [-0.2, 0) is 0 Å². The molecule has 0 bridgehead atoms. The molecule has 2 N–H and O–H groups in total. The second-order valence-corrected chi connectivity index (χ2v) is 6.73. The Balaban J connectivity index is 1.88. The van der Waals surface area contributed by atoms with Crippen LogP contribution >= 0.6 is 23.1 Å². The van der Waals surface area contributed by atoms with Gasteiger partial charge in [0.15, 0.2) is 0 Å². The molecule has 0 radical (unpaired) electrons. The maximum atomic E-state index is 12.0. The van der Waals surface area contributed by atoms with Crippen LogP contribution in [0.4, 0.5) is 0 Å². The maximum absolute atomic E-state index is 12.0. The van der Waals surface area contributed by atoms with Crippen molar-refractivity contribution >= 4 is 29.0 Å². The number of hydrogen-bond donors (Lipinski definition) is 2. The van der Waals surface area contributed by atoms with Crippen LogP contribution in [0.2, 0.25) is 0 Å². The maximum Gasteiger partial charge on any atom is 0.252 e. The molecule has 1 saturated carbocycles. The van der Waals surface area contributed by atoms with Crippen LogP contribution in [0, 0.1) is 11.8 Å². The summed E-state index contributed by atoms with van der Waals surface area (Å²) < 4.78 is 0.287. The van der Waals surface area contributed by atoms with Gasteiger partial charge in [-0.15, -0.1) is 11.3 Å². The highest BCUT2D eigenvalue weighted by Gasteiger charge is 2.41. The lowest BCUT2D eigenvalue weighted by atomic mass is 10.2. The Morgan fingerprint density at radius 2 is 2.42 bits per heavy atom. The molecule has 2 rings (SSSR count). The van der Waals surface area contributed by atoms with E-state index < -0.39 is 0 Å². The number of thiophene rings is 1. The Morgan fingerprint density at radius 3 is 3.05 bits per heavy atom. The number of rotatable bonds is 5. The molecule has 1 aromatic heterocycles. The predicted octanol–water partition coefficient (Wildman–Crippen LogP) is 2.11. The Hall–Kier alpha value is -0.960. The molecule has 19 heavy (non-hydrogen) atoms. The second-order valence-electron chi connectivity index (χ2n) is 4.54. The van der Waals surface area contributed by atoms with Crippen LogP contribution in [0.1, 0.15) is 34.5 Å². The zero-order valence-corrected chi connectivity index (χ0v) is 12.5. The molecule has 0 atom stereocenters. The highest BCUT2D eigenvalue weighted by molar-refractivity contribution is 8.00. The quantitative estimate of drug-likeness (QED) is 0.818. The monoisotopic (exact) mass is 295 g/mol. The van der Waals surface area contributed by atoms with Gasteiger partial charge in [0.25, 0.3) is 5.91 Å². The lowest BCUT2D eigenvalue weighted by Gasteiger charge is -2.12. The van der Waals surface area contributed by atoms with Crippen molar-refractivity contribution in [3.8, 4) is 11.8 Å². The first kappa shape index (κ1) is 14.4. The molecular formula is C14H17NO2S2. The lowest BCUT2D eigenvalue weighted by Crippen LogP contribution is -2.31. The van der Waals surface area contributed by atoms with Crippen LogP contribution < -0.4 is 5.32 Å². The summed E-state index contributed by atoms with van der Waals surface area (Å²) in [4.78, 5) is 12.8. The van der Waals surface area contributed by atoms with Crippen LogP contribution in [0.25, 0.3) is 0 Å². The van der Waals surface area contributed by atoms with Crippen molar-refractivity contribution in [2.24, 2.45) is 0 Å². The molecule has 0 aliphatic heterocycles. The molecule has 5 heteroatoms. The first-order chi connectivity index (χ1) is 9.19. The molecule has 1 amide bonds. The van der Waals surface area contributed by atoms with Gasteiger partial charge in [0.1, 0.15) is 0 Å². The average molecular weight is 295 g/mol. The summed E-state index contributed by atoms with van der Waals surface area (Å²) in [7, 11) is 0. The van der Waals surface area contributed by atoms with E-state index in [1.54, 1.807) is 0 Å². The van der Waals surface area contributed by atoms with E-state index in [1.165, 1.54) is 24.2 Å². The van der Waals surface area contributed by atoms with E-state index in [0.29, 0.717) is 12.0 Å². The van der Waals surface area contributed by atoms with Crippen molar-refractivity contribution in [2.75, 3.05) is 19.4 Å². The number of thioether (sulfide) groups is 1. The number of carbonyl (C=O) groups is 1. The number of aliphatic hydroxyl groups excluding tert-OH is 1. The largest absolute Gasteiger partial charge is 0.395 e. The molecule has 1 aromatic rings. The summed E-state index contributed by atoms with van der Waals surface area (Å²) in [5.41, 5.74) is 0.676. The van der Waals surface area contributed by atoms with E-state index in [4.69, 9.17) is 5.11 Å². The zero-order valence-electron chi connectivity index (χ0n) is 10.9.